The number of rotatable bonds is 11. The van der Waals surface area contributed by atoms with Crippen molar-refractivity contribution in [3.8, 4) is 34.5 Å². The minimum absolute atomic E-state index is 0.135. The maximum Gasteiger partial charge on any atom is 0.395 e. The lowest BCUT2D eigenvalue weighted by atomic mass is 10.0. The van der Waals surface area contributed by atoms with E-state index in [4.69, 9.17) is 23.5 Å². The summed E-state index contributed by atoms with van der Waals surface area (Å²) in [4.78, 5) is 14.7. The molecule has 0 spiro atoms. The highest BCUT2D eigenvalue weighted by atomic mass is 31.2. The lowest BCUT2D eigenvalue weighted by Gasteiger charge is -2.23. The number of phenols is 1. The summed E-state index contributed by atoms with van der Waals surface area (Å²) < 4.78 is 39.7. The molecular formula is C20H29N2O8P. The minimum Gasteiger partial charge on any atom is -0.502 e. The van der Waals surface area contributed by atoms with Gasteiger partial charge in [0.05, 0.1) is 28.4 Å². The normalized spacial score (nSPS) is 12.6. The van der Waals surface area contributed by atoms with E-state index in [9.17, 15) is 14.6 Å². The van der Waals surface area contributed by atoms with Crippen LogP contribution in [0.25, 0.3) is 0 Å². The lowest BCUT2D eigenvalue weighted by molar-refractivity contribution is 0.327. The van der Waals surface area contributed by atoms with E-state index in [0.29, 0.717) is 35.5 Å². The summed E-state index contributed by atoms with van der Waals surface area (Å²) >= 11 is 0. The van der Waals surface area contributed by atoms with E-state index < -0.39 is 13.9 Å². The Morgan fingerprint density at radius 2 is 1.48 bits per heavy atom. The van der Waals surface area contributed by atoms with Gasteiger partial charge in [0.25, 0.3) is 0 Å². The van der Waals surface area contributed by atoms with Gasteiger partial charge in [0, 0.05) is 23.4 Å². The zero-order chi connectivity index (χ0) is 23.2. The molecule has 0 amide bonds. The van der Waals surface area contributed by atoms with Crippen molar-refractivity contribution in [3.63, 3.8) is 0 Å². The summed E-state index contributed by atoms with van der Waals surface area (Å²) in [6, 6.07) is 1.61. The third-order valence-corrected chi connectivity index (χ3v) is 5.64. The first kappa shape index (κ1) is 24.4. The molecule has 3 N–H and O–H groups in total. The van der Waals surface area contributed by atoms with Crippen LogP contribution in [0.15, 0.2) is 12.3 Å². The van der Waals surface area contributed by atoms with Crippen LogP contribution < -0.4 is 28.8 Å². The van der Waals surface area contributed by atoms with Gasteiger partial charge in [-0.05, 0) is 12.8 Å². The smallest absolute Gasteiger partial charge is 0.395 e. The zero-order valence-electron chi connectivity index (χ0n) is 18.5. The van der Waals surface area contributed by atoms with E-state index in [0.717, 1.165) is 0 Å². The first-order valence-electron chi connectivity index (χ1n) is 9.59. The average molecular weight is 456 g/mol. The predicted molar refractivity (Wildman–Crippen MR) is 116 cm³/mol. The molecule has 172 valence electrons. The maximum atomic E-state index is 13.0. The van der Waals surface area contributed by atoms with Crippen molar-refractivity contribution in [1.29, 1.82) is 0 Å². The van der Waals surface area contributed by atoms with E-state index >= 15 is 0 Å². The second-order valence-electron chi connectivity index (χ2n) is 6.37. The molecule has 0 fully saturated rings. The maximum absolute atomic E-state index is 13.0. The number of phenolic OH excluding ortho intramolecular Hbond substituents is 1. The number of benzene rings is 1. The van der Waals surface area contributed by atoms with Gasteiger partial charge >= 0.3 is 7.60 Å². The Hall–Kier alpha value is -2.84. The Morgan fingerprint density at radius 3 is 1.94 bits per heavy atom. The Labute approximate surface area is 181 Å². The Bertz CT molecular complexity index is 934. The second-order valence-corrected chi connectivity index (χ2v) is 8.14. The van der Waals surface area contributed by atoms with Gasteiger partial charge in [-0.2, -0.15) is 0 Å². The molecule has 0 aliphatic heterocycles. The molecule has 2 aromatic rings. The standard InChI is InChI=1S/C20H29N2O8P/c1-7-12-16(13(8-2)18(28-5)15(23)17(12)27-4)30-31(24,25)11-22-20-19(29-6)14(26-3)9-10-21-20/h9-10,23H,7-8,11H2,1-6H3,(H,21,22)(H,24,25). The zero-order valence-corrected chi connectivity index (χ0v) is 19.4. The predicted octanol–water partition coefficient (Wildman–Crippen LogP) is 3.58. The van der Waals surface area contributed by atoms with Crippen molar-refractivity contribution in [2.75, 3.05) is 40.0 Å². The second kappa shape index (κ2) is 10.5. The number of methoxy groups -OCH3 is 4. The molecule has 1 unspecified atom stereocenters. The number of nitrogens with one attached hydrogen (secondary N) is 1. The van der Waals surface area contributed by atoms with Gasteiger partial charge in [0.1, 0.15) is 12.0 Å². The Kier molecular flexibility index (Phi) is 8.24. The van der Waals surface area contributed by atoms with E-state index in [1.807, 2.05) is 13.8 Å². The number of hydrogen-bond acceptors (Lipinski definition) is 9. The fraction of sp³-hybridized carbons (Fsp3) is 0.450. The summed E-state index contributed by atoms with van der Waals surface area (Å²) in [5.74, 6) is 1.18. The van der Waals surface area contributed by atoms with Gasteiger partial charge in [0.15, 0.2) is 23.1 Å². The molecule has 11 heteroatoms. The van der Waals surface area contributed by atoms with Crippen molar-refractivity contribution in [2.45, 2.75) is 26.7 Å². The summed E-state index contributed by atoms with van der Waals surface area (Å²) in [5, 5.41) is 13.3. The molecule has 1 aromatic carbocycles. The molecule has 31 heavy (non-hydrogen) atoms. The van der Waals surface area contributed by atoms with Crippen molar-refractivity contribution >= 4 is 13.4 Å². The molecule has 0 radical (unpaired) electrons. The molecule has 1 atom stereocenters. The molecule has 0 aliphatic carbocycles. The van der Waals surface area contributed by atoms with Crippen LogP contribution >= 0.6 is 7.60 Å². The van der Waals surface area contributed by atoms with Gasteiger partial charge in [-0.25, -0.2) is 9.55 Å². The largest absolute Gasteiger partial charge is 0.502 e. The minimum atomic E-state index is -4.23. The van der Waals surface area contributed by atoms with Crippen LogP contribution in [0.1, 0.15) is 25.0 Å². The highest BCUT2D eigenvalue weighted by Crippen LogP contribution is 2.53. The number of hydrogen-bond donors (Lipinski definition) is 3. The van der Waals surface area contributed by atoms with E-state index in [1.165, 1.54) is 34.6 Å². The van der Waals surface area contributed by atoms with Crippen LogP contribution in [0.4, 0.5) is 5.82 Å². The van der Waals surface area contributed by atoms with Crippen LogP contribution in [0.3, 0.4) is 0 Å². The number of anilines is 1. The van der Waals surface area contributed by atoms with E-state index in [-0.39, 0.29) is 28.8 Å². The number of pyridine rings is 1. The number of ether oxygens (including phenoxy) is 4. The van der Waals surface area contributed by atoms with E-state index in [2.05, 4.69) is 10.3 Å². The van der Waals surface area contributed by atoms with Crippen LogP contribution in [0.5, 0.6) is 34.5 Å². The van der Waals surface area contributed by atoms with Gasteiger partial charge in [-0.3, -0.25) is 0 Å². The monoisotopic (exact) mass is 456 g/mol. The van der Waals surface area contributed by atoms with Crippen molar-refractivity contribution < 1.29 is 38.0 Å². The molecule has 1 heterocycles. The highest BCUT2D eigenvalue weighted by molar-refractivity contribution is 7.53. The summed E-state index contributed by atoms with van der Waals surface area (Å²) in [6.45, 7) is 3.64. The summed E-state index contributed by atoms with van der Waals surface area (Å²) in [7, 11) is 1.47. The number of nitrogens with zero attached hydrogens (tertiary/aromatic N) is 1. The first-order chi connectivity index (χ1) is 14.8. The molecule has 10 nitrogen and oxygen atoms in total. The summed E-state index contributed by atoms with van der Waals surface area (Å²) in [5.41, 5.74) is 0.924. The quantitative estimate of drug-likeness (QED) is 0.432. The molecule has 0 aliphatic rings. The molecule has 0 saturated carbocycles. The van der Waals surface area contributed by atoms with Gasteiger partial charge in [0.2, 0.25) is 11.5 Å². The van der Waals surface area contributed by atoms with Gasteiger partial charge in [-0.1, -0.05) is 13.8 Å². The molecule has 1 aromatic heterocycles. The van der Waals surface area contributed by atoms with Crippen molar-refractivity contribution in [3.05, 3.63) is 23.4 Å². The Morgan fingerprint density at radius 1 is 0.935 bits per heavy atom. The van der Waals surface area contributed by atoms with E-state index in [1.54, 1.807) is 6.07 Å². The SMILES string of the molecule is CCc1c(OC)c(O)c(OC)c(CC)c1OP(=O)(O)CNc1nccc(OC)c1OC. The van der Waals surface area contributed by atoms with Crippen LogP contribution in [0, 0.1) is 0 Å². The number of aromatic hydroxyl groups is 1. The van der Waals surface area contributed by atoms with Gasteiger partial charge in [-0.15, -0.1) is 0 Å². The average Bonchev–Trinajstić information content (AvgIpc) is 2.77. The lowest BCUT2D eigenvalue weighted by Crippen LogP contribution is -2.11. The first-order valence-corrected chi connectivity index (χ1v) is 11.4. The summed E-state index contributed by atoms with van der Waals surface area (Å²) in [6.07, 6.45) is 1.80. The molecule has 0 bridgehead atoms. The fourth-order valence-electron chi connectivity index (χ4n) is 3.23. The third kappa shape index (κ3) is 5.08. The highest BCUT2D eigenvalue weighted by Gasteiger charge is 2.30. The van der Waals surface area contributed by atoms with Crippen LogP contribution in [-0.4, -0.2) is 49.7 Å². The van der Waals surface area contributed by atoms with Crippen LogP contribution in [-0.2, 0) is 17.4 Å². The molecule has 0 saturated heterocycles. The molecule has 2 rings (SSSR count). The van der Waals surface area contributed by atoms with Crippen LogP contribution in [0.2, 0.25) is 0 Å². The number of aromatic nitrogens is 1. The topological polar surface area (TPSA) is 129 Å². The van der Waals surface area contributed by atoms with Crippen molar-refractivity contribution in [1.82, 2.24) is 4.98 Å². The third-order valence-electron chi connectivity index (χ3n) is 4.61. The molecular weight excluding hydrogens is 427 g/mol. The fourth-order valence-corrected chi connectivity index (χ4v) is 4.15. The van der Waals surface area contributed by atoms with Gasteiger partial charge < -0.3 is 38.8 Å². The Balaban J connectivity index is 2.42. The van der Waals surface area contributed by atoms with Crippen molar-refractivity contribution in [2.24, 2.45) is 0 Å².